The average Bonchev–Trinajstić information content (AvgIpc) is 0.669. The van der Waals surface area contributed by atoms with Gasteiger partial charge in [-0.3, -0.25) is 37.4 Å². The van der Waals surface area contributed by atoms with Gasteiger partial charge in [-0.05, 0) is 219 Å². The van der Waals surface area contributed by atoms with Gasteiger partial charge in [0.25, 0.3) is 64.1 Å². The van der Waals surface area contributed by atoms with E-state index in [1.807, 2.05) is 36.4 Å². The van der Waals surface area contributed by atoms with E-state index < -0.39 is 83.7 Å². The highest BCUT2D eigenvalue weighted by molar-refractivity contribution is 7.86. The Kier molecular flexibility index (Phi) is 22.1. The van der Waals surface area contributed by atoms with Crippen LogP contribution in [-0.2, 0) is 66.2 Å². The molecule has 4 amide bonds. The van der Waals surface area contributed by atoms with Crippen molar-refractivity contribution in [1.82, 2.24) is 0 Å². The standard InChI is InChI=1S/C92H90N2O20S4/c95-89-71-51-75(111-63-35-43-67(44-36-63)115(99,100)101)81-83-77(113-65-39-47-69(48-40-65)117(105,106)107)53-73-80-74(92(98)94(91(73)97)88-61(33-29-57-19-9-3-10-20-57)25-14-26-62(88)34-30-58-21-11-4-12-22-58)54-78(114-66-41-49-70(50-42-66)118(108,109)110)84(86(80)83)82-76(112-64-37-45-68(46-38-64)116(102,103)104)52-72(79(71)85(81)82)90(96)93(89)87-59(31-27-55-15-5-1-6-16-55)23-13-24-60(87)32-28-56-17-7-2-8-18-56/h13-14,23-26,35-58H,1-12,15-22,27-34H2,(H,99,100,101)(H,102,103,104)(H,105,106,107)(H,108,109,110). The predicted octanol–water partition coefficient (Wildman–Crippen LogP) is 21.5. The summed E-state index contributed by atoms with van der Waals surface area (Å²) in [6, 6.07) is 36.6. The van der Waals surface area contributed by atoms with E-state index in [4.69, 9.17) is 18.9 Å². The number of anilines is 2. The molecule has 22 nitrogen and oxygen atoms in total. The van der Waals surface area contributed by atoms with Gasteiger partial charge in [0.1, 0.15) is 46.0 Å². The highest BCUT2D eigenvalue weighted by Gasteiger charge is 2.45. The number of carbonyl (C=O) groups is 4. The second-order valence-electron chi connectivity index (χ2n) is 32.8. The number of imide groups is 2. The van der Waals surface area contributed by atoms with Gasteiger partial charge in [-0.15, -0.1) is 0 Å². The van der Waals surface area contributed by atoms with Gasteiger partial charge in [-0.2, -0.15) is 33.7 Å². The Hall–Kier alpha value is -10.2. The Morgan fingerprint density at radius 2 is 0.475 bits per heavy atom. The molecule has 0 atom stereocenters. The van der Waals surface area contributed by atoms with Gasteiger partial charge in [0.2, 0.25) is 0 Å². The molecule has 17 rings (SSSR count). The molecule has 0 bridgehead atoms. The summed E-state index contributed by atoms with van der Waals surface area (Å²) in [5, 5.41) is -0.0166. The van der Waals surface area contributed by atoms with Crippen LogP contribution >= 0.6 is 0 Å². The molecule has 0 saturated heterocycles. The first-order valence-corrected chi connectivity index (χ1v) is 46.8. The van der Waals surface area contributed by atoms with E-state index in [0.717, 1.165) is 225 Å². The normalized spacial score (nSPS) is 17.1. The minimum atomic E-state index is -4.82. The largest absolute Gasteiger partial charge is 0.457 e. The van der Waals surface area contributed by atoms with Gasteiger partial charge in [0, 0.05) is 43.1 Å². The molecule has 4 fully saturated rings. The van der Waals surface area contributed by atoms with Crippen molar-refractivity contribution in [2.75, 3.05) is 9.80 Å². The molecule has 4 saturated carbocycles. The second-order valence-corrected chi connectivity index (χ2v) is 38.5. The smallest absolute Gasteiger partial charge is 0.294 e. The lowest BCUT2D eigenvalue weighted by Gasteiger charge is -2.34. The molecule has 0 radical (unpaired) electrons. The topological polar surface area (TPSA) is 329 Å². The zero-order valence-corrected chi connectivity index (χ0v) is 68.2. The fraction of sp³-hybridized carbons (Fsp3) is 0.348. The summed E-state index contributed by atoms with van der Waals surface area (Å²) >= 11 is 0. The highest BCUT2D eigenvalue weighted by atomic mass is 32.2. The van der Waals surface area contributed by atoms with Crippen molar-refractivity contribution >= 4 is 119 Å². The fourth-order valence-electron chi connectivity index (χ4n) is 19.5. The van der Waals surface area contributed by atoms with Crippen LogP contribution in [0.2, 0.25) is 0 Å². The summed E-state index contributed by atoms with van der Waals surface area (Å²) in [7, 11) is -19.3. The van der Waals surface area contributed by atoms with Crippen LogP contribution in [0.3, 0.4) is 0 Å². The number of rotatable bonds is 26. The Bertz CT molecular complexity index is 5560. The highest BCUT2D eigenvalue weighted by Crippen LogP contribution is 2.59. The Morgan fingerprint density at radius 1 is 0.271 bits per heavy atom. The quantitative estimate of drug-likeness (QED) is 0.0169. The summed E-state index contributed by atoms with van der Waals surface area (Å²) in [5.41, 5.74) is 3.47. The van der Waals surface area contributed by atoms with Crippen LogP contribution < -0.4 is 28.7 Å². The lowest BCUT2D eigenvalue weighted by Crippen LogP contribution is -2.42. The van der Waals surface area contributed by atoms with E-state index >= 15 is 19.2 Å². The third-order valence-electron chi connectivity index (χ3n) is 25.3. The van der Waals surface area contributed by atoms with Gasteiger partial charge < -0.3 is 18.9 Å². The molecule has 612 valence electrons. The van der Waals surface area contributed by atoms with Crippen molar-refractivity contribution < 1.29 is 90.0 Å². The van der Waals surface area contributed by atoms with E-state index in [0.29, 0.717) is 60.7 Å². The molecule has 4 aliphatic carbocycles. The van der Waals surface area contributed by atoms with Crippen molar-refractivity contribution in [3.8, 4) is 46.0 Å². The molecule has 0 unspecified atom stereocenters. The van der Waals surface area contributed by atoms with E-state index in [2.05, 4.69) is 0 Å². The zero-order chi connectivity index (χ0) is 82.1. The van der Waals surface area contributed by atoms with Crippen LogP contribution in [0.5, 0.6) is 46.0 Å². The van der Waals surface area contributed by atoms with Gasteiger partial charge in [-0.25, -0.2) is 9.80 Å². The Balaban J connectivity index is 0.996. The number of hydrogen-bond donors (Lipinski definition) is 4. The number of amides is 4. The monoisotopic (exact) mass is 1670 g/mol. The number of benzene rings is 11. The maximum absolute atomic E-state index is 17.0. The number of para-hydroxylation sites is 2. The van der Waals surface area contributed by atoms with Gasteiger partial charge in [-0.1, -0.05) is 165 Å². The molecule has 118 heavy (non-hydrogen) atoms. The molecule has 11 aromatic carbocycles. The summed E-state index contributed by atoms with van der Waals surface area (Å²) in [5.74, 6) is -2.65. The molecule has 4 N–H and O–H groups in total. The molecular weight excluding hydrogens is 1580 g/mol. The maximum Gasteiger partial charge on any atom is 0.294 e. The number of nitrogens with zero attached hydrogens (tertiary/aromatic N) is 2. The summed E-state index contributed by atoms with van der Waals surface area (Å²) in [6.07, 6.45) is 26.6. The van der Waals surface area contributed by atoms with Crippen LogP contribution in [-0.4, -0.2) is 75.5 Å². The first-order chi connectivity index (χ1) is 56.7. The second kappa shape index (κ2) is 32.5. The van der Waals surface area contributed by atoms with Crippen molar-refractivity contribution in [1.29, 1.82) is 0 Å². The van der Waals surface area contributed by atoms with E-state index in [9.17, 15) is 51.9 Å². The van der Waals surface area contributed by atoms with Crippen molar-refractivity contribution in [2.45, 2.75) is 199 Å². The molecule has 26 heteroatoms. The number of aryl methyl sites for hydroxylation is 4. The molecule has 0 spiro atoms. The van der Waals surface area contributed by atoms with E-state index in [-0.39, 0.29) is 111 Å². The maximum atomic E-state index is 17.0. The molecule has 11 aromatic rings. The summed E-state index contributed by atoms with van der Waals surface area (Å²) in [4.78, 5) is 68.4. The molecule has 6 aliphatic rings. The minimum absolute atomic E-state index is 0.00634. The number of carbonyl (C=O) groups excluding carboxylic acids is 4. The van der Waals surface area contributed by atoms with E-state index in [1.165, 1.54) is 82.6 Å². The van der Waals surface area contributed by atoms with Crippen molar-refractivity contribution in [3.63, 3.8) is 0 Å². The average molecular weight is 1670 g/mol. The van der Waals surface area contributed by atoms with Crippen molar-refractivity contribution in [2.24, 2.45) is 23.7 Å². The van der Waals surface area contributed by atoms with Gasteiger partial charge in [0.05, 0.1) is 53.2 Å². The predicted molar refractivity (Wildman–Crippen MR) is 448 cm³/mol. The van der Waals surface area contributed by atoms with Crippen LogP contribution in [0.25, 0.3) is 43.1 Å². The summed E-state index contributed by atoms with van der Waals surface area (Å²) < 4.78 is 172. The summed E-state index contributed by atoms with van der Waals surface area (Å²) in [6.45, 7) is 0. The lowest BCUT2D eigenvalue weighted by atomic mass is 9.80. The van der Waals surface area contributed by atoms with Crippen LogP contribution in [0.15, 0.2) is 177 Å². The SMILES string of the molecule is O=C1c2cc(Oc3ccc(S(=O)(=O)O)cc3)c3c4c(Oc5ccc(S(=O)(=O)O)cc5)cc5c6c(cc(Oc7ccc(S(=O)(=O)O)cc7)c(c7c(Oc8ccc(S(=O)(=O)O)cc8)cc(c2c37)C(=O)N1c1c(CCC2CCCCC2)cccc1CCC1CCCCC1)c64)C(=O)N(c1c(CCC2CCCCC2)cccc1CCC1CCCCC1)C5=O. The van der Waals surface area contributed by atoms with Crippen LogP contribution in [0.1, 0.15) is 218 Å². The zero-order valence-electron chi connectivity index (χ0n) is 65.0. The third-order valence-corrected chi connectivity index (χ3v) is 28.8. The molecule has 0 aromatic heterocycles. The van der Waals surface area contributed by atoms with E-state index in [1.54, 1.807) is 0 Å². The molecule has 2 aliphatic heterocycles. The van der Waals surface area contributed by atoms with Crippen LogP contribution in [0.4, 0.5) is 11.4 Å². The van der Waals surface area contributed by atoms with Crippen molar-refractivity contribution in [3.05, 3.63) is 202 Å². The van der Waals surface area contributed by atoms with Gasteiger partial charge in [0.15, 0.2) is 0 Å². The minimum Gasteiger partial charge on any atom is -0.457 e. The Morgan fingerprint density at radius 3 is 0.669 bits per heavy atom. The number of fused-ring (bicyclic) bond motifs is 2. The van der Waals surface area contributed by atoms with Crippen LogP contribution in [0, 0.1) is 23.7 Å². The Labute approximate surface area is 685 Å². The first-order valence-electron chi connectivity index (χ1n) is 41.1. The molecule has 2 heterocycles. The fourth-order valence-corrected chi connectivity index (χ4v) is 21.4. The third kappa shape index (κ3) is 16.0. The first kappa shape index (κ1) is 80.3. The molecular formula is C92H90N2O20S4. The number of hydrogen-bond acceptors (Lipinski definition) is 16. The number of ether oxygens (including phenoxy) is 4. The van der Waals surface area contributed by atoms with Gasteiger partial charge >= 0.3 is 0 Å². The lowest BCUT2D eigenvalue weighted by molar-refractivity contribution is 0.0877.